The SMILES string of the molecule is CCCN(CC(=O)O)C(=O)C(C)(C)c1ccccc1Cl. The summed E-state index contributed by atoms with van der Waals surface area (Å²) >= 11 is 6.15. The number of aliphatic carboxylic acids is 1. The third-order valence-electron chi connectivity index (χ3n) is 3.19. The van der Waals surface area contributed by atoms with Gasteiger partial charge in [0.1, 0.15) is 6.54 Å². The van der Waals surface area contributed by atoms with E-state index in [4.69, 9.17) is 16.7 Å². The van der Waals surface area contributed by atoms with Gasteiger partial charge in [-0.1, -0.05) is 36.7 Å². The molecule has 0 bridgehead atoms. The van der Waals surface area contributed by atoms with Crippen LogP contribution >= 0.6 is 11.6 Å². The second-order valence-electron chi connectivity index (χ2n) is 5.23. The van der Waals surface area contributed by atoms with Crippen molar-refractivity contribution in [2.24, 2.45) is 0 Å². The zero-order valence-corrected chi connectivity index (χ0v) is 12.8. The maximum atomic E-state index is 12.6. The van der Waals surface area contributed by atoms with E-state index in [0.717, 1.165) is 0 Å². The number of carboxylic acids is 1. The molecular weight excluding hydrogens is 278 g/mol. The van der Waals surface area contributed by atoms with Crippen LogP contribution in [0.2, 0.25) is 5.02 Å². The van der Waals surface area contributed by atoms with Crippen LogP contribution in [0.25, 0.3) is 0 Å². The van der Waals surface area contributed by atoms with Gasteiger partial charge in [0.25, 0.3) is 0 Å². The first kappa shape index (κ1) is 16.5. The maximum absolute atomic E-state index is 12.6. The van der Waals surface area contributed by atoms with Gasteiger partial charge in [-0.2, -0.15) is 0 Å². The van der Waals surface area contributed by atoms with Crippen molar-refractivity contribution in [1.29, 1.82) is 0 Å². The molecule has 1 amide bonds. The summed E-state index contributed by atoms with van der Waals surface area (Å²) in [5, 5.41) is 9.44. The van der Waals surface area contributed by atoms with Crippen LogP contribution in [0.1, 0.15) is 32.8 Å². The fourth-order valence-corrected chi connectivity index (χ4v) is 2.54. The molecule has 5 heteroatoms. The first-order valence-corrected chi connectivity index (χ1v) is 6.94. The van der Waals surface area contributed by atoms with E-state index in [1.807, 2.05) is 13.0 Å². The lowest BCUT2D eigenvalue weighted by Crippen LogP contribution is -2.46. The molecule has 110 valence electrons. The van der Waals surface area contributed by atoms with Crippen molar-refractivity contribution in [2.75, 3.05) is 13.1 Å². The number of carbonyl (C=O) groups is 2. The Morgan fingerprint density at radius 2 is 1.90 bits per heavy atom. The van der Waals surface area contributed by atoms with Crippen LogP contribution < -0.4 is 0 Å². The lowest BCUT2D eigenvalue weighted by atomic mass is 9.83. The van der Waals surface area contributed by atoms with Crippen molar-refractivity contribution in [3.8, 4) is 0 Å². The molecule has 0 spiro atoms. The minimum Gasteiger partial charge on any atom is -0.480 e. The van der Waals surface area contributed by atoms with E-state index in [1.165, 1.54) is 4.90 Å². The summed E-state index contributed by atoms with van der Waals surface area (Å²) < 4.78 is 0. The van der Waals surface area contributed by atoms with Crippen LogP contribution in [0.3, 0.4) is 0 Å². The highest BCUT2D eigenvalue weighted by atomic mass is 35.5. The topological polar surface area (TPSA) is 57.6 Å². The standard InChI is InChI=1S/C15H20ClNO3/c1-4-9-17(10-13(18)19)14(20)15(2,3)11-7-5-6-8-12(11)16/h5-8H,4,9-10H2,1-3H3,(H,18,19). The zero-order chi connectivity index (χ0) is 15.3. The molecule has 1 aromatic rings. The Kier molecular flexibility index (Phi) is 5.57. The summed E-state index contributed by atoms with van der Waals surface area (Å²) in [6, 6.07) is 7.14. The predicted octanol–water partition coefficient (Wildman–Crippen LogP) is 2.94. The molecule has 0 aliphatic carbocycles. The number of rotatable bonds is 6. The van der Waals surface area contributed by atoms with Gasteiger partial charge < -0.3 is 10.0 Å². The fourth-order valence-electron chi connectivity index (χ4n) is 2.16. The van der Waals surface area contributed by atoms with E-state index >= 15 is 0 Å². The van der Waals surface area contributed by atoms with Gasteiger partial charge >= 0.3 is 5.97 Å². The second-order valence-corrected chi connectivity index (χ2v) is 5.63. The molecule has 1 rings (SSSR count). The fraction of sp³-hybridized carbons (Fsp3) is 0.467. The Hall–Kier alpha value is -1.55. The normalized spacial score (nSPS) is 11.2. The number of benzene rings is 1. The molecule has 0 aliphatic rings. The molecule has 0 aromatic heterocycles. The number of carbonyl (C=O) groups excluding carboxylic acids is 1. The Morgan fingerprint density at radius 1 is 1.30 bits per heavy atom. The van der Waals surface area contributed by atoms with Crippen molar-refractivity contribution in [1.82, 2.24) is 4.90 Å². The molecule has 4 nitrogen and oxygen atoms in total. The quantitative estimate of drug-likeness (QED) is 0.878. The molecule has 0 aliphatic heterocycles. The van der Waals surface area contributed by atoms with E-state index in [2.05, 4.69) is 0 Å². The number of hydrogen-bond acceptors (Lipinski definition) is 2. The van der Waals surface area contributed by atoms with Crippen LogP contribution in [-0.4, -0.2) is 35.0 Å². The summed E-state index contributed by atoms with van der Waals surface area (Å²) in [5.74, 6) is -1.24. The first-order valence-electron chi connectivity index (χ1n) is 6.56. The van der Waals surface area contributed by atoms with E-state index in [0.29, 0.717) is 23.6 Å². The number of carboxylic acid groups (broad SMARTS) is 1. The van der Waals surface area contributed by atoms with E-state index in [1.54, 1.807) is 32.0 Å². The highest BCUT2D eigenvalue weighted by molar-refractivity contribution is 6.31. The molecule has 0 unspecified atom stereocenters. The summed E-state index contributed by atoms with van der Waals surface area (Å²) in [4.78, 5) is 24.9. The van der Waals surface area contributed by atoms with Crippen molar-refractivity contribution in [3.05, 3.63) is 34.9 Å². The van der Waals surface area contributed by atoms with Crippen LogP contribution in [-0.2, 0) is 15.0 Å². The molecule has 20 heavy (non-hydrogen) atoms. The largest absolute Gasteiger partial charge is 0.480 e. The van der Waals surface area contributed by atoms with Crippen LogP contribution in [0.4, 0.5) is 0 Å². The molecule has 0 heterocycles. The average molecular weight is 298 g/mol. The number of halogens is 1. The molecular formula is C15H20ClNO3. The molecule has 0 atom stereocenters. The summed E-state index contributed by atoms with van der Waals surface area (Å²) in [7, 11) is 0. The van der Waals surface area contributed by atoms with Gasteiger partial charge in [-0.05, 0) is 31.9 Å². The Bertz CT molecular complexity index is 500. The minimum atomic E-state index is -1.01. The summed E-state index contributed by atoms with van der Waals surface area (Å²) in [6.45, 7) is 5.56. The summed E-state index contributed by atoms with van der Waals surface area (Å²) in [6.07, 6.45) is 0.706. The van der Waals surface area contributed by atoms with Crippen LogP contribution in [0.15, 0.2) is 24.3 Å². The lowest BCUT2D eigenvalue weighted by Gasteiger charge is -2.31. The van der Waals surface area contributed by atoms with E-state index in [-0.39, 0.29) is 12.5 Å². The molecule has 0 saturated heterocycles. The molecule has 1 N–H and O–H groups in total. The van der Waals surface area contributed by atoms with Gasteiger partial charge in [0, 0.05) is 11.6 Å². The van der Waals surface area contributed by atoms with Crippen LogP contribution in [0, 0.1) is 0 Å². The van der Waals surface area contributed by atoms with Gasteiger partial charge in [0.05, 0.1) is 5.41 Å². The van der Waals surface area contributed by atoms with Crippen molar-refractivity contribution in [3.63, 3.8) is 0 Å². The average Bonchev–Trinajstić information content (AvgIpc) is 2.37. The van der Waals surface area contributed by atoms with Gasteiger partial charge in [-0.25, -0.2) is 0 Å². The molecule has 0 saturated carbocycles. The van der Waals surface area contributed by atoms with Crippen LogP contribution in [0.5, 0.6) is 0 Å². The highest BCUT2D eigenvalue weighted by Gasteiger charge is 2.35. The smallest absolute Gasteiger partial charge is 0.323 e. The number of nitrogens with zero attached hydrogens (tertiary/aromatic N) is 1. The maximum Gasteiger partial charge on any atom is 0.323 e. The van der Waals surface area contributed by atoms with Gasteiger partial charge in [0.2, 0.25) is 5.91 Å². The Labute approximate surface area is 124 Å². The van der Waals surface area contributed by atoms with Gasteiger partial charge in [-0.15, -0.1) is 0 Å². The Morgan fingerprint density at radius 3 is 2.40 bits per heavy atom. The molecule has 0 radical (unpaired) electrons. The van der Waals surface area contributed by atoms with E-state index in [9.17, 15) is 9.59 Å². The van der Waals surface area contributed by atoms with Gasteiger partial charge in [0.15, 0.2) is 0 Å². The number of hydrogen-bond donors (Lipinski definition) is 1. The lowest BCUT2D eigenvalue weighted by molar-refractivity contribution is -0.146. The second kappa shape index (κ2) is 6.75. The van der Waals surface area contributed by atoms with E-state index < -0.39 is 11.4 Å². The first-order chi connectivity index (χ1) is 9.30. The zero-order valence-electron chi connectivity index (χ0n) is 12.0. The Balaban J connectivity index is 3.08. The third kappa shape index (κ3) is 3.73. The van der Waals surface area contributed by atoms with Gasteiger partial charge in [-0.3, -0.25) is 9.59 Å². The van der Waals surface area contributed by atoms with Crippen molar-refractivity contribution in [2.45, 2.75) is 32.6 Å². The monoisotopic (exact) mass is 297 g/mol. The number of amides is 1. The minimum absolute atomic E-state index is 0.227. The summed E-state index contributed by atoms with van der Waals surface area (Å²) in [5.41, 5.74) is -0.152. The highest BCUT2D eigenvalue weighted by Crippen LogP contribution is 2.31. The van der Waals surface area contributed by atoms with Crippen molar-refractivity contribution >= 4 is 23.5 Å². The third-order valence-corrected chi connectivity index (χ3v) is 3.52. The molecule has 0 fully saturated rings. The van der Waals surface area contributed by atoms with Crippen molar-refractivity contribution < 1.29 is 14.7 Å². The predicted molar refractivity (Wildman–Crippen MR) is 79.0 cm³/mol. The molecule has 1 aromatic carbocycles.